The van der Waals surface area contributed by atoms with Crippen LogP contribution in [0.25, 0.3) is 0 Å². The second-order valence-corrected chi connectivity index (χ2v) is 5.46. The zero-order valence-electron chi connectivity index (χ0n) is 13.9. The number of hydrogen-bond donors (Lipinski definition) is 1. The van der Waals surface area contributed by atoms with Gasteiger partial charge in [0.2, 0.25) is 11.8 Å². The lowest BCUT2D eigenvalue weighted by Gasteiger charge is -2.21. The van der Waals surface area contributed by atoms with Crippen molar-refractivity contribution in [2.75, 3.05) is 18.4 Å². The zero-order chi connectivity index (χ0) is 18.2. The van der Waals surface area contributed by atoms with E-state index in [1.165, 1.54) is 23.1 Å². The molecule has 4 nitrogen and oxygen atoms in total. The molecule has 0 aromatic heterocycles. The second-order valence-electron chi connectivity index (χ2n) is 5.46. The Morgan fingerprint density at radius 2 is 1.79 bits per heavy atom. The van der Waals surface area contributed by atoms with Gasteiger partial charge in [-0.2, -0.15) is 13.2 Å². The van der Waals surface area contributed by atoms with Crippen LogP contribution in [0, 0.1) is 0 Å². The molecule has 0 spiro atoms. The third-order valence-corrected chi connectivity index (χ3v) is 3.57. The highest BCUT2D eigenvalue weighted by Crippen LogP contribution is 2.34. The SMILES string of the molecule is CCCCCC(=O)N(CC)CC(=O)Nc1ccccc1C(F)(F)F. The van der Waals surface area contributed by atoms with Crippen molar-refractivity contribution >= 4 is 17.5 Å². The first-order chi connectivity index (χ1) is 11.3. The summed E-state index contributed by atoms with van der Waals surface area (Å²) < 4.78 is 38.7. The number of para-hydroxylation sites is 1. The molecule has 0 saturated heterocycles. The fourth-order valence-electron chi connectivity index (χ4n) is 2.26. The van der Waals surface area contributed by atoms with Crippen molar-refractivity contribution < 1.29 is 22.8 Å². The van der Waals surface area contributed by atoms with Gasteiger partial charge in [-0.3, -0.25) is 9.59 Å². The van der Waals surface area contributed by atoms with E-state index in [0.29, 0.717) is 13.0 Å². The highest BCUT2D eigenvalue weighted by Gasteiger charge is 2.33. The van der Waals surface area contributed by atoms with Crippen molar-refractivity contribution in [3.63, 3.8) is 0 Å². The average Bonchev–Trinajstić information content (AvgIpc) is 2.52. The van der Waals surface area contributed by atoms with Crippen LogP contribution in [0.1, 0.15) is 45.1 Å². The molecule has 24 heavy (non-hydrogen) atoms. The van der Waals surface area contributed by atoms with Gasteiger partial charge in [-0.25, -0.2) is 0 Å². The van der Waals surface area contributed by atoms with Crippen molar-refractivity contribution in [3.8, 4) is 0 Å². The molecular weight excluding hydrogens is 321 g/mol. The van der Waals surface area contributed by atoms with E-state index in [1.54, 1.807) is 6.92 Å². The Labute approximate surface area is 140 Å². The Morgan fingerprint density at radius 3 is 2.38 bits per heavy atom. The van der Waals surface area contributed by atoms with Gasteiger partial charge in [0.15, 0.2) is 0 Å². The van der Waals surface area contributed by atoms with Gasteiger partial charge in [-0.05, 0) is 25.5 Å². The molecule has 0 aliphatic rings. The molecule has 0 saturated carbocycles. The molecule has 1 rings (SSSR count). The predicted molar refractivity (Wildman–Crippen MR) is 86.5 cm³/mol. The average molecular weight is 344 g/mol. The Bertz CT molecular complexity index is 559. The summed E-state index contributed by atoms with van der Waals surface area (Å²) >= 11 is 0. The maximum absolute atomic E-state index is 12.9. The minimum Gasteiger partial charge on any atom is -0.334 e. The van der Waals surface area contributed by atoms with E-state index in [-0.39, 0.29) is 18.1 Å². The van der Waals surface area contributed by atoms with Crippen LogP contribution in [0.3, 0.4) is 0 Å². The molecular formula is C17H23F3N2O2. The van der Waals surface area contributed by atoms with Gasteiger partial charge in [0, 0.05) is 13.0 Å². The number of benzene rings is 1. The number of unbranched alkanes of at least 4 members (excludes halogenated alkanes) is 2. The second kappa shape index (κ2) is 9.30. The highest BCUT2D eigenvalue weighted by atomic mass is 19.4. The standard InChI is InChI=1S/C17H23F3N2O2/c1-3-5-6-11-16(24)22(4-2)12-15(23)21-14-10-8-7-9-13(14)17(18,19)20/h7-10H,3-6,11-12H2,1-2H3,(H,21,23). The molecule has 0 heterocycles. The summed E-state index contributed by atoms with van der Waals surface area (Å²) in [6.45, 7) is 3.83. The monoisotopic (exact) mass is 344 g/mol. The number of likely N-dealkylation sites (N-methyl/N-ethyl adjacent to an activating group) is 1. The number of amides is 2. The first-order valence-electron chi connectivity index (χ1n) is 8.03. The third-order valence-electron chi connectivity index (χ3n) is 3.57. The summed E-state index contributed by atoms with van der Waals surface area (Å²) in [7, 11) is 0. The summed E-state index contributed by atoms with van der Waals surface area (Å²) in [6, 6.07) is 4.77. The van der Waals surface area contributed by atoms with Crippen LogP contribution >= 0.6 is 0 Å². The Hall–Kier alpha value is -2.05. The van der Waals surface area contributed by atoms with E-state index >= 15 is 0 Å². The van der Waals surface area contributed by atoms with Crippen molar-refractivity contribution in [1.29, 1.82) is 0 Å². The van der Waals surface area contributed by atoms with E-state index < -0.39 is 17.6 Å². The Balaban J connectivity index is 2.70. The predicted octanol–water partition coefficient (Wildman–Crippen LogP) is 4.07. The normalized spacial score (nSPS) is 11.2. The van der Waals surface area contributed by atoms with Crippen LogP contribution in [0.4, 0.5) is 18.9 Å². The molecule has 1 N–H and O–H groups in total. The molecule has 2 amide bonds. The van der Waals surface area contributed by atoms with Gasteiger partial charge in [0.25, 0.3) is 0 Å². The van der Waals surface area contributed by atoms with Crippen molar-refractivity contribution in [3.05, 3.63) is 29.8 Å². The Kier molecular flexibility index (Phi) is 7.74. The van der Waals surface area contributed by atoms with Gasteiger partial charge >= 0.3 is 6.18 Å². The van der Waals surface area contributed by atoms with Gasteiger partial charge in [-0.1, -0.05) is 31.9 Å². The zero-order valence-corrected chi connectivity index (χ0v) is 13.9. The van der Waals surface area contributed by atoms with E-state index in [1.807, 2.05) is 6.92 Å². The summed E-state index contributed by atoms with van der Waals surface area (Å²) in [5, 5.41) is 2.25. The Morgan fingerprint density at radius 1 is 1.12 bits per heavy atom. The van der Waals surface area contributed by atoms with E-state index in [0.717, 1.165) is 25.3 Å². The van der Waals surface area contributed by atoms with Crippen LogP contribution in [0.5, 0.6) is 0 Å². The van der Waals surface area contributed by atoms with Crippen molar-refractivity contribution in [2.45, 2.75) is 45.7 Å². The molecule has 0 radical (unpaired) electrons. The summed E-state index contributed by atoms with van der Waals surface area (Å²) in [4.78, 5) is 25.4. The molecule has 7 heteroatoms. The minimum absolute atomic E-state index is 0.162. The van der Waals surface area contributed by atoms with E-state index in [4.69, 9.17) is 0 Å². The maximum atomic E-state index is 12.9. The number of nitrogens with one attached hydrogen (secondary N) is 1. The molecule has 0 aliphatic heterocycles. The van der Waals surface area contributed by atoms with Crippen LogP contribution < -0.4 is 5.32 Å². The van der Waals surface area contributed by atoms with Gasteiger partial charge in [-0.15, -0.1) is 0 Å². The molecule has 1 aromatic rings. The van der Waals surface area contributed by atoms with Gasteiger partial charge < -0.3 is 10.2 Å². The number of alkyl halides is 3. The lowest BCUT2D eigenvalue weighted by atomic mass is 10.1. The van der Waals surface area contributed by atoms with Gasteiger partial charge in [0.1, 0.15) is 0 Å². The summed E-state index contributed by atoms with van der Waals surface area (Å²) in [6.07, 6.45) is -1.56. The molecule has 0 bridgehead atoms. The van der Waals surface area contributed by atoms with E-state index in [2.05, 4.69) is 5.32 Å². The smallest absolute Gasteiger partial charge is 0.334 e. The van der Waals surface area contributed by atoms with Crippen molar-refractivity contribution in [1.82, 2.24) is 4.90 Å². The molecule has 134 valence electrons. The van der Waals surface area contributed by atoms with Gasteiger partial charge in [0.05, 0.1) is 17.8 Å². The van der Waals surface area contributed by atoms with Crippen LogP contribution in [0.2, 0.25) is 0 Å². The fourth-order valence-corrected chi connectivity index (χ4v) is 2.26. The molecule has 0 fully saturated rings. The highest BCUT2D eigenvalue weighted by molar-refractivity contribution is 5.95. The van der Waals surface area contributed by atoms with Crippen LogP contribution in [-0.4, -0.2) is 29.8 Å². The molecule has 0 atom stereocenters. The molecule has 0 aliphatic carbocycles. The van der Waals surface area contributed by atoms with E-state index in [9.17, 15) is 22.8 Å². The topological polar surface area (TPSA) is 49.4 Å². The fraction of sp³-hybridized carbons (Fsp3) is 0.529. The summed E-state index contributed by atoms with van der Waals surface area (Å²) in [5.74, 6) is -0.803. The quantitative estimate of drug-likeness (QED) is 0.723. The summed E-state index contributed by atoms with van der Waals surface area (Å²) in [5.41, 5.74) is -1.21. The lowest BCUT2D eigenvalue weighted by Crippen LogP contribution is -2.38. The first kappa shape index (κ1) is 20.0. The van der Waals surface area contributed by atoms with Crippen LogP contribution in [-0.2, 0) is 15.8 Å². The van der Waals surface area contributed by atoms with Crippen LogP contribution in [0.15, 0.2) is 24.3 Å². The number of carbonyl (C=O) groups excluding carboxylic acids is 2. The maximum Gasteiger partial charge on any atom is 0.418 e. The molecule has 1 aromatic carbocycles. The lowest BCUT2D eigenvalue weighted by molar-refractivity contribution is -0.137. The third kappa shape index (κ3) is 6.22. The van der Waals surface area contributed by atoms with Crippen molar-refractivity contribution in [2.24, 2.45) is 0 Å². The number of rotatable bonds is 8. The number of hydrogen-bond acceptors (Lipinski definition) is 2. The molecule has 0 unspecified atom stereocenters. The first-order valence-corrected chi connectivity index (χ1v) is 8.03. The largest absolute Gasteiger partial charge is 0.418 e. The number of anilines is 1. The number of nitrogens with zero attached hydrogens (tertiary/aromatic N) is 1. The number of carbonyl (C=O) groups is 2. The minimum atomic E-state index is -4.55. The number of halogens is 3.